The van der Waals surface area contributed by atoms with E-state index in [1.54, 1.807) is 47.4 Å². The molecule has 38 heavy (non-hydrogen) atoms. The lowest BCUT2D eigenvalue weighted by atomic mass is 10.2. The summed E-state index contributed by atoms with van der Waals surface area (Å²) in [6, 6.07) is 21.7. The smallest absolute Gasteiger partial charge is 0.243 e. The van der Waals surface area contributed by atoms with Crippen LogP contribution in [0.2, 0.25) is 10.0 Å². The number of amides is 1. The van der Waals surface area contributed by atoms with Gasteiger partial charge in [0.1, 0.15) is 0 Å². The second-order valence-corrected chi connectivity index (χ2v) is 12.0. The van der Waals surface area contributed by atoms with Crippen molar-refractivity contribution >= 4 is 45.2 Å². The number of halogens is 2. The molecule has 1 amide bonds. The van der Waals surface area contributed by atoms with Crippen LogP contribution in [0.3, 0.4) is 0 Å². The Morgan fingerprint density at radius 1 is 0.895 bits per heavy atom. The highest BCUT2D eigenvalue weighted by molar-refractivity contribution is 7.89. The minimum absolute atomic E-state index is 0.106. The normalized spacial score (nSPS) is 14.9. The first-order valence-corrected chi connectivity index (χ1v) is 14.6. The van der Waals surface area contributed by atoms with Gasteiger partial charge in [0.15, 0.2) is 0 Å². The molecular formula is C29H31Cl2N3O3S. The minimum atomic E-state index is -3.98. The molecule has 3 aromatic carbocycles. The lowest BCUT2D eigenvalue weighted by molar-refractivity contribution is -0.133. The van der Waals surface area contributed by atoms with E-state index in [-0.39, 0.29) is 23.9 Å². The topological polar surface area (TPSA) is 60.9 Å². The van der Waals surface area contributed by atoms with Crippen LogP contribution in [0.1, 0.15) is 16.7 Å². The monoisotopic (exact) mass is 571 g/mol. The summed E-state index contributed by atoms with van der Waals surface area (Å²) in [6.45, 7) is 4.76. The van der Waals surface area contributed by atoms with Gasteiger partial charge in [-0.25, -0.2) is 8.42 Å². The van der Waals surface area contributed by atoms with Crippen molar-refractivity contribution in [3.63, 3.8) is 0 Å². The molecule has 0 bridgehead atoms. The number of piperazine rings is 1. The first-order valence-electron chi connectivity index (χ1n) is 12.5. The SMILES string of the molecule is Cc1ccc(S(=O)(=O)N(CC(=O)N2CCN(C/C=C/c3ccccc3)CC2)Cc2c(Cl)cccc2Cl)cc1. The largest absolute Gasteiger partial charge is 0.339 e. The van der Waals surface area contributed by atoms with Crippen molar-refractivity contribution in [1.82, 2.24) is 14.1 Å². The Kier molecular flexibility index (Phi) is 9.63. The third-order valence-corrected chi connectivity index (χ3v) is 9.08. The number of sulfonamides is 1. The number of hydrogen-bond donors (Lipinski definition) is 0. The van der Waals surface area contributed by atoms with Gasteiger partial charge in [-0.15, -0.1) is 0 Å². The minimum Gasteiger partial charge on any atom is -0.339 e. The van der Waals surface area contributed by atoms with Gasteiger partial charge in [0, 0.05) is 54.9 Å². The summed E-state index contributed by atoms with van der Waals surface area (Å²) in [5.74, 6) is -0.247. The van der Waals surface area contributed by atoms with Crippen LogP contribution in [0.15, 0.2) is 83.8 Å². The molecule has 0 spiro atoms. The Labute approximate surface area is 235 Å². The predicted molar refractivity (Wildman–Crippen MR) is 154 cm³/mol. The van der Waals surface area contributed by atoms with Crippen LogP contribution in [-0.2, 0) is 21.4 Å². The molecule has 6 nitrogen and oxygen atoms in total. The van der Waals surface area contributed by atoms with Gasteiger partial charge >= 0.3 is 0 Å². The van der Waals surface area contributed by atoms with E-state index in [2.05, 4.69) is 29.2 Å². The number of rotatable bonds is 9. The van der Waals surface area contributed by atoms with Crippen LogP contribution in [0.5, 0.6) is 0 Å². The van der Waals surface area contributed by atoms with Gasteiger partial charge in [-0.3, -0.25) is 9.69 Å². The maximum absolute atomic E-state index is 13.6. The molecule has 0 atom stereocenters. The molecule has 0 radical (unpaired) electrons. The van der Waals surface area contributed by atoms with E-state index < -0.39 is 10.0 Å². The van der Waals surface area contributed by atoms with Gasteiger partial charge in [-0.1, -0.05) is 89.4 Å². The fourth-order valence-electron chi connectivity index (χ4n) is 4.28. The summed E-state index contributed by atoms with van der Waals surface area (Å²) in [4.78, 5) is 17.4. The number of carbonyl (C=O) groups excluding carboxylic acids is 1. The van der Waals surface area contributed by atoms with E-state index in [1.807, 2.05) is 25.1 Å². The van der Waals surface area contributed by atoms with Gasteiger partial charge in [0.25, 0.3) is 0 Å². The Morgan fingerprint density at radius 3 is 2.16 bits per heavy atom. The quantitative estimate of drug-likeness (QED) is 0.347. The summed E-state index contributed by atoms with van der Waals surface area (Å²) in [7, 11) is -3.98. The second-order valence-electron chi connectivity index (χ2n) is 9.28. The maximum Gasteiger partial charge on any atom is 0.243 e. The number of benzene rings is 3. The summed E-state index contributed by atoms with van der Waals surface area (Å²) in [5, 5.41) is 0.706. The van der Waals surface area contributed by atoms with Crippen molar-refractivity contribution in [2.24, 2.45) is 0 Å². The van der Waals surface area contributed by atoms with Crippen LogP contribution in [-0.4, -0.2) is 67.7 Å². The third kappa shape index (κ3) is 7.24. The van der Waals surface area contributed by atoms with Crippen LogP contribution < -0.4 is 0 Å². The number of nitrogens with zero attached hydrogens (tertiary/aromatic N) is 3. The molecule has 0 saturated carbocycles. The van der Waals surface area contributed by atoms with Crippen LogP contribution >= 0.6 is 23.2 Å². The van der Waals surface area contributed by atoms with E-state index in [0.717, 1.165) is 17.7 Å². The van der Waals surface area contributed by atoms with Crippen molar-refractivity contribution < 1.29 is 13.2 Å². The molecule has 4 rings (SSSR count). The fourth-order valence-corrected chi connectivity index (χ4v) is 6.15. The highest BCUT2D eigenvalue weighted by Gasteiger charge is 2.31. The summed E-state index contributed by atoms with van der Waals surface area (Å²) in [5.41, 5.74) is 2.56. The highest BCUT2D eigenvalue weighted by Crippen LogP contribution is 2.28. The molecule has 0 unspecified atom stereocenters. The Bertz CT molecular complexity index is 1350. The zero-order valence-electron chi connectivity index (χ0n) is 21.3. The van der Waals surface area contributed by atoms with E-state index in [1.165, 1.54) is 4.31 Å². The van der Waals surface area contributed by atoms with Gasteiger partial charge in [-0.05, 0) is 36.8 Å². The van der Waals surface area contributed by atoms with Crippen molar-refractivity contribution in [1.29, 1.82) is 0 Å². The van der Waals surface area contributed by atoms with E-state index in [0.29, 0.717) is 41.8 Å². The van der Waals surface area contributed by atoms with Crippen molar-refractivity contribution in [2.45, 2.75) is 18.4 Å². The molecule has 1 saturated heterocycles. The second kappa shape index (κ2) is 12.9. The fraction of sp³-hybridized carbons (Fsp3) is 0.276. The molecule has 1 fully saturated rings. The molecule has 0 aliphatic carbocycles. The molecule has 200 valence electrons. The molecule has 3 aromatic rings. The Morgan fingerprint density at radius 2 is 1.53 bits per heavy atom. The van der Waals surface area contributed by atoms with Crippen LogP contribution in [0, 0.1) is 6.92 Å². The van der Waals surface area contributed by atoms with E-state index >= 15 is 0 Å². The molecular weight excluding hydrogens is 541 g/mol. The van der Waals surface area contributed by atoms with Gasteiger partial charge in [0.2, 0.25) is 15.9 Å². The first kappa shape index (κ1) is 28.3. The van der Waals surface area contributed by atoms with Crippen molar-refractivity contribution in [3.05, 3.63) is 106 Å². The molecule has 0 aromatic heterocycles. The average molecular weight is 573 g/mol. The number of carbonyl (C=O) groups is 1. The van der Waals surface area contributed by atoms with E-state index in [9.17, 15) is 13.2 Å². The third-order valence-electron chi connectivity index (χ3n) is 6.57. The van der Waals surface area contributed by atoms with Gasteiger partial charge in [-0.2, -0.15) is 4.31 Å². The van der Waals surface area contributed by atoms with Crippen LogP contribution in [0.25, 0.3) is 6.08 Å². The van der Waals surface area contributed by atoms with Gasteiger partial charge < -0.3 is 4.90 Å². The zero-order chi connectivity index (χ0) is 27.1. The lowest BCUT2D eigenvalue weighted by Gasteiger charge is -2.35. The molecule has 1 heterocycles. The zero-order valence-corrected chi connectivity index (χ0v) is 23.6. The van der Waals surface area contributed by atoms with Crippen molar-refractivity contribution in [3.8, 4) is 0 Å². The Balaban J connectivity index is 1.44. The summed E-state index contributed by atoms with van der Waals surface area (Å²) >= 11 is 12.7. The maximum atomic E-state index is 13.6. The van der Waals surface area contributed by atoms with E-state index in [4.69, 9.17) is 23.2 Å². The molecule has 1 aliphatic rings. The van der Waals surface area contributed by atoms with Crippen LogP contribution in [0.4, 0.5) is 0 Å². The summed E-state index contributed by atoms with van der Waals surface area (Å²) < 4.78 is 28.4. The molecule has 0 N–H and O–H groups in total. The Hall–Kier alpha value is -2.68. The standard InChI is InChI=1S/C29H31Cl2N3O3S/c1-23-12-14-25(15-13-23)38(36,37)34(21-26-27(30)10-5-11-28(26)31)22-29(35)33-19-17-32(18-20-33)16-6-9-24-7-3-2-4-8-24/h2-15H,16-22H2,1H3/b9-6+. The predicted octanol–water partition coefficient (Wildman–Crippen LogP) is 5.35. The molecule has 9 heteroatoms. The lowest BCUT2D eigenvalue weighted by Crippen LogP contribution is -2.51. The van der Waals surface area contributed by atoms with Gasteiger partial charge in [0.05, 0.1) is 11.4 Å². The average Bonchev–Trinajstić information content (AvgIpc) is 2.91. The number of aryl methyl sites for hydroxylation is 1. The number of hydrogen-bond acceptors (Lipinski definition) is 4. The molecule has 1 aliphatic heterocycles. The highest BCUT2D eigenvalue weighted by atomic mass is 35.5. The summed E-state index contributed by atoms with van der Waals surface area (Å²) in [6.07, 6.45) is 4.21. The van der Waals surface area contributed by atoms with Crippen molar-refractivity contribution in [2.75, 3.05) is 39.3 Å². The first-order chi connectivity index (χ1) is 18.2.